The highest BCUT2D eigenvalue weighted by molar-refractivity contribution is 6.30. The van der Waals surface area contributed by atoms with Gasteiger partial charge in [-0.3, -0.25) is 14.5 Å². The molecule has 1 aromatic rings. The summed E-state index contributed by atoms with van der Waals surface area (Å²) in [6, 6.07) is 8.44. The summed E-state index contributed by atoms with van der Waals surface area (Å²) >= 11 is 5.94. The summed E-state index contributed by atoms with van der Waals surface area (Å²) in [6.45, 7) is 2.67. The first-order valence-electron chi connectivity index (χ1n) is 8.54. The second-order valence-corrected chi connectivity index (χ2v) is 6.77. The van der Waals surface area contributed by atoms with Crippen LogP contribution in [0, 0.1) is 0 Å². The van der Waals surface area contributed by atoms with Crippen LogP contribution in [0.2, 0.25) is 5.02 Å². The van der Waals surface area contributed by atoms with Gasteiger partial charge in [0.25, 0.3) is 6.47 Å². The molecule has 2 saturated heterocycles. The maximum atomic E-state index is 11.8. The summed E-state index contributed by atoms with van der Waals surface area (Å²) in [5.41, 5.74) is 1.15. The van der Waals surface area contributed by atoms with Crippen LogP contribution < -0.4 is 5.32 Å². The highest BCUT2D eigenvalue weighted by atomic mass is 35.5. The Bertz CT molecular complexity index is 583. The minimum Gasteiger partial charge on any atom is -0.483 e. The van der Waals surface area contributed by atoms with E-state index in [0.29, 0.717) is 25.7 Å². The van der Waals surface area contributed by atoms with E-state index in [2.05, 4.69) is 10.2 Å². The summed E-state index contributed by atoms with van der Waals surface area (Å²) in [6.07, 6.45) is 1.44. The van der Waals surface area contributed by atoms with Crippen LogP contribution in [0.5, 0.6) is 0 Å². The van der Waals surface area contributed by atoms with Gasteiger partial charge < -0.3 is 19.9 Å². The monoisotopic (exact) mass is 384 g/mol. The number of methoxy groups -OCH3 is 1. The van der Waals surface area contributed by atoms with E-state index in [1.54, 1.807) is 7.11 Å². The molecule has 2 aliphatic rings. The molecule has 2 fully saturated rings. The lowest BCUT2D eigenvalue weighted by molar-refractivity contribution is -0.123. The Morgan fingerprint density at radius 3 is 2.77 bits per heavy atom. The van der Waals surface area contributed by atoms with E-state index in [0.717, 1.165) is 30.1 Å². The molecular weight excluding hydrogens is 360 g/mol. The van der Waals surface area contributed by atoms with Crippen molar-refractivity contribution < 1.29 is 24.2 Å². The standard InChI is InChI=1S/C17H23ClN2O3.CH2O2/c1-22-7-6-17(21)19-14-8-15-11-23-16(10-20(15)9-14)12-2-4-13(18)5-3-12;2-1-3/h2-5,14-16H,6-11H2,1H3,(H,19,21);1H,(H,2,3)/t14-,15+,16-;/m1./s1. The average Bonchev–Trinajstić information content (AvgIpc) is 3.02. The van der Waals surface area contributed by atoms with Gasteiger partial charge in [0, 0.05) is 43.7 Å². The number of carbonyl (C=O) groups excluding carboxylic acids is 1. The Morgan fingerprint density at radius 2 is 2.12 bits per heavy atom. The molecule has 0 saturated carbocycles. The average molecular weight is 385 g/mol. The molecule has 0 unspecified atom stereocenters. The molecule has 2 heterocycles. The molecule has 0 bridgehead atoms. The smallest absolute Gasteiger partial charge is 0.290 e. The molecule has 0 aromatic heterocycles. The number of ether oxygens (including phenoxy) is 2. The third-order valence-corrected chi connectivity index (χ3v) is 4.81. The van der Waals surface area contributed by atoms with Gasteiger partial charge in [-0.05, 0) is 24.1 Å². The first-order chi connectivity index (χ1) is 12.6. The number of hydrogen-bond acceptors (Lipinski definition) is 5. The largest absolute Gasteiger partial charge is 0.483 e. The number of carbonyl (C=O) groups is 2. The maximum absolute atomic E-state index is 11.8. The van der Waals surface area contributed by atoms with Crippen LogP contribution in [0.1, 0.15) is 24.5 Å². The Balaban J connectivity index is 0.000000758. The summed E-state index contributed by atoms with van der Waals surface area (Å²) in [5.74, 6) is 0.0619. The van der Waals surface area contributed by atoms with Crippen molar-refractivity contribution in [2.45, 2.75) is 31.0 Å². The lowest BCUT2D eigenvalue weighted by atomic mass is 10.1. The van der Waals surface area contributed by atoms with E-state index in [9.17, 15) is 4.79 Å². The quantitative estimate of drug-likeness (QED) is 0.751. The van der Waals surface area contributed by atoms with Gasteiger partial charge in [0.2, 0.25) is 5.91 Å². The Morgan fingerprint density at radius 1 is 1.42 bits per heavy atom. The van der Waals surface area contributed by atoms with Crippen LogP contribution in [0.15, 0.2) is 24.3 Å². The van der Waals surface area contributed by atoms with Gasteiger partial charge in [0.15, 0.2) is 0 Å². The number of fused-ring (bicyclic) bond motifs is 1. The number of nitrogens with one attached hydrogen (secondary N) is 1. The molecule has 3 atom stereocenters. The van der Waals surface area contributed by atoms with Gasteiger partial charge in [-0.1, -0.05) is 23.7 Å². The number of carboxylic acid groups (broad SMARTS) is 1. The highest BCUT2D eigenvalue weighted by Gasteiger charge is 2.38. The Kier molecular flexibility index (Phi) is 8.31. The SMILES string of the molecule is COCCC(=O)N[C@@H]1C[C@H]2CO[C@@H](c3ccc(Cl)cc3)CN2C1.O=CO. The molecule has 26 heavy (non-hydrogen) atoms. The van der Waals surface area contributed by atoms with Gasteiger partial charge in [-0.25, -0.2) is 0 Å². The van der Waals surface area contributed by atoms with Crippen LogP contribution in [0.4, 0.5) is 0 Å². The Hall–Kier alpha value is -1.67. The molecule has 2 aliphatic heterocycles. The summed E-state index contributed by atoms with van der Waals surface area (Å²) in [4.78, 5) is 22.6. The summed E-state index contributed by atoms with van der Waals surface area (Å²) in [7, 11) is 1.61. The number of morpholine rings is 1. The van der Waals surface area contributed by atoms with E-state index in [4.69, 9.17) is 31.0 Å². The van der Waals surface area contributed by atoms with Gasteiger partial charge in [-0.2, -0.15) is 0 Å². The molecule has 3 rings (SSSR count). The normalized spacial score (nSPS) is 24.9. The molecule has 1 amide bonds. The van der Waals surface area contributed by atoms with Crippen molar-refractivity contribution in [2.24, 2.45) is 0 Å². The summed E-state index contributed by atoms with van der Waals surface area (Å²) in [5, 5.41) is 10.7. The number of rotatable bonds is 5. The molecule has 144 valence electrons. The Labute approximate surface area is 158 Å². The fourth-order valence-corrected chi connectivity index (χ4v) is 3.48. The van der Waals surface area contributed by atoms with Crippen LogP contribution in [-0.4, -0.2) is 67.9 Å². The topological polar surface area (TPSA) is 88.1 Å². The molecular formula is C18H25ClN2O5. The fourth-order valence-electron chi connectivity index (χ4n) is 3.35. The second-order valence-electron chi connectivity index (χ2n) is 6.33. The van der Waals surface area contributed by atoms with E-state index >= 15 is 0 Å². The number of amides is 1. The van der Waals surface area contributed by atoms with E-state index in [1.165, 1.54) is 0 Å². The minimum atomic E-state index is -0.250. The summed E-state index contributed by atoms with van der Waals surface area (Å²) < 4.78 is 11.0. The molecule has 0 radical (unpaired) electrons. The third-order valence-electron chi connectivity index (χ3n) is 4.56. The fraction of sp³-hybridized carbons (Fsp3) is 0.556. The van der Waals surface area contributed by atoms with Crippen molar-refractivity contribution in [3.05, 3.63) is 34.9 Å². The molecule has 2 N–H and O–H groups in total. The molecule has 0 aliphatic carbocycles. The molecule has 7 nitrogen and oxygen atoms in total. The first kappa shape index (κ1) is 20.6. The van der Waals surface area contributed by atoms with Crippen LogP contribution in [0.3, 0.4) is 0 Å². The zero-order valence-electron chi connectivity index (χ0n) is 14.8. The first-order valence-corrected chi connectivity index (χ1v) is 8.92. The predicted molar refractivity (Wildman–Crippen MR) is 97.2 cm³/mol. The van der Waals surface area contributed by atoms with Crippen molar-refractivity contribution in [2.75, 3.05) is 33.4 Å². The number of hydrogen-bond donors (Lipinski definition) is 2. The van der Waals surface area contributed by atoms with Crippen LogP contribution >= 0.6 is 11.6 Å². The van der Waals surface area contributed by atoms with Crippen molar-refractivity contribution in [3.63, 3.8) is 0 Å². The molecule has 0 spiro atoms. The van der Waals surface area contributed by atoms with Crippen LogP contribution in [-0.2, 0) is 19.1 Å². The van der Waals surface area contributed by atoms with Crippen molar-refractivity contribution in [3.8, 4) is 0 Å². The zero-order chi connectivity index (χ0) is 18.9. The van der Waals surface area contributed by atoms with Crippen molar-refractivity contribution in [1.29, 1.82) is 0 Å². The van der Waals surface area contributed by atoms with Crippen molar-refractivity contribution in [1.82, 2.24) is 10.2 Å². The number of benzene rings is 1. The zero-order valence-corrected chi connectivity index (χ0v) is 15.5. The van der Waals surface area contributed by atoms with E-state index < -0.39 is 0 Å². The predicted octanol–water partition coefficient (Wildman–Crippen LogP) is 1.71. The van der Waals surface area contributed by atoms with E-state index in [-0.39, 0.29) is 24.5 Å². The third kappa shape index (κ3) is 5.95. The lowest BCUT2D eigenvalue weighted by Crippen LogP contribution is -2.43. The second kappa shape index (κ2) is 10.5. The number of nitrogens with zero attached hydrogens (tertiary/aromatic N) is 1. The molecule has 1 aromatic carbocycles. The van der Waals surface area contributed by atoms with Crippen molar-refractivity contribution >= 4 is 24.0 Å². The maximum Gasteiger partial charge on any atom is 0.290 e. The van der Waals surface area contributed by atoms with Crippen LogP contribution in [0.25, 0.3) is 0 Å². The number of halogens is 1. The van der Waals surface area contributed by atoms with Gasteiger partial charge in [-0.15, -0.1) is 0 Å². The van der Waals surface area contributed by atoms with Gasteiger partial charge in [0.1, 0.15) is 0 Å². The highest BCUT2D eigenvalue weighted by Crippen LogP contribution is 2.30. The minimum absolute atomic E-state index is 0.0619. The lowest BCUT2D eigenvalue weighted by Gasteiger charge is -2.35. The van der Waals surface area contributed by atoms with Gasteiger partial charge in [0.05, 0.1) is 19.3 Å². The van der Waals surface area contributed by atoms with E-state index in [1.807, 2.05) is 24.3 Å². The molecule has 8 heteroatoms. The van der Waals surface area contributed by atoms with Gasteiger partial charge >= 0.3 is 0 Å².